The lowest BCUT2D eigenvalue weighted by molar-refractivity contribution is 0.0762. The molecule has 0 bridgehead atoms. The maximum atomic E-state index is 13.5. The Morgan fingerprint density at radius 1 is 1.47 bits per heavy atom. The summed E-state index contributed by atoms with van der Waals surface area (Å²) >= 11 is 0. The SMILES string of the molecule is CCN(CCC(N)=NO)C(=O)c1cccc(F)c1F. The molecule has 7 heteroatoms. The van der Waals surface area contributed by atoms with E-state index in [1.165, 1.54) is 17.0 Å². The Balaban J connectivity index is 2.87. The lowest BCUT2D eigenvalue weighted by Gasteiger charge is -2.20. The number of amides is 1. The zero-order chi connectivity index (χ0) is 14.4. The highest BCUT2D eigenvalue weighted by Crippen LogP contribution is 2.14. The number of carbonyl (C=O) groups excluding carboxylic acids is 1. The van der Waals surface area contributed by atoms with Crippen molar-refractivity contribution in [3.8, 4) is 0 Å². The van der Waals surface area contributed by atoms with E-state index in [1.807, 2.05) is 0 Å². The van der Waals surface area contributed by atoms with Crippen molar-refractivity contribution in [3.63, 3.8) is 0 Å². The van der Waals surface area contributed by atoms with Gasteiger partial charge in [-0.25, -0.2) is 8.78 Å². The minimum Gasteiger partial charge on any atom is -0.409 e. The van der Waals surface area contributed by atoms with Crippen molar-refractivity contribution in [1.29, 1.82) is 0 Å². The molecule has 1 aromatic carbocycles. The number of nitrogens with two attached hydrogens (primary N) is 1. The summed E-state index contributed by atoms with van der Waals surface area (Å²) in [6.45, 7) is 2.15. The highest BCUT2D eigenvalue weighted by molar-refractivity contribution is 5.94. The third kappa shape index (κ3) is 3.64. The van der Waals surface area contributed by atoms with Gasteiger partial charge < -0.3 is 15.8 Å². The summed E-state index contributed by atoms with van der Waals surface area (Å²) in [4.78, 5) is 13.3. The van der Waals surface area contributed by atoms with Crippen LogP contribution in [0.25, 0.3) is 0 Å². The van der Waals surface area contributed by atoms with E-state index in [2.05, 4.69) is 5.16 Å². The van der Waals surface area contributed by atoms with Crippen LogP contribution in [0.15, 0.2) is 23.4 Å². The number of amidine groups is 1. The minimum absolute atomic E-state index is 0.0361. The summed E-state index contributed by atoms with van der Waals surface area (Å²) < 4.78 is 26.6. The molecule has 1 aromatic rings. The lowest BCUT2D eigenvalue weighted by Crippen LogP contribution is -2.34. The van der Waals surface area contributed by atoms with Crippen molar-refractivity contribution in [2.75, 3.05) is 13.1 Å². The highest BCUT2D eigenvalue weighted by Gasteiger charge is 2.20. The molecular formula is C12H15F2N3O2. The van der Waals surface area contributed by atoms with Crippen LogP contribution in [-0.4, -0.2) is 34.9 Å². The summed E-state index contributed by atoms with van der Waals surface area (Å²) in [5.41, 5.74) is 4.96. The molecule has 5 nitrogen and oxygen atoms in total. The van der Waals surface area contributed by atoms with Crippen molar-refractivity contribution >= 4 is 11.7 Å². The zero-order valence-corrected chi connectivity index (χ0v) is 10.4. The third-order valence-corrected chi connectivity index (χ3v) is 2.62. The predicted molar refractivity (Wildman–Crippen MR) is 66.0 cm³/mol. The number of hydrogen-bond acceptors (Lipinski definition) is 3. The van der Waals surface area contributed by atoms with Crippen LogP contribution in [0, 0.1) is 11.6 Å². The molecule has 1 amide bonds. The number of oxime groups is 1. The van der Waals surface area contributed by atoms with Gasteiger partial charge >= 0.3 is 0 Å². The molecular weight excluding hydrogens is 256 g/mol. The molecule has 0 aromatic heterocycles. The van der Waals surface area contributed by atoms with Crippen molar-refractivity contribution in [2.24, 2.45) is 10.9 Å². The highest BCUT2D eigenvalue weighted by atomic mass is 19.2. The maximum absolute atomic E-state index is 13.5. The molecule has 19 heavy (non-hydrogen) atoms. The van der Waals surface area contributed by atoms with Gasteiger partial charge in [0.15, 0.2) is 11.6 Å². The van der Waals surface area contributed by atoms with Gasteiger partial charge in [0.2, 0.25) is 0 Å². The summed E-state index contributed by atoms with van der Waals surface area (Å²) in [6.07, 6.45) is 0.146. The molecule has 1 rings (SSSR count). The molecule has 0 radical (unpaired) electrons. The fourth-order valence-corrected chi connectivity index (χ4v) is 1.54. The number of carbonyl (C=O) groups is 1. The summed E-state index contributed by atoms with van der Waals surface area (Å²) in [6, 6.07) is 3.43. The van der Waals surface area contributed by atoms with E-state index in [4.69, 9.17) is 10.9 Å². The first-order valence-electron chi connectivity index (χ1n) is 5.71. The summed E-state index contributed by atoms with van der Waals surface area (Å²) in [7, 11) is 0. The van der Waals surface area contributed by atoms with Crippen LogP contribution in [0.1, 0.15) is 23.7 Å². The van der Waals surface area contributed by atoms with Gasteiger partial charge in [0.1, 0.15) is 5.84 Å². The number of rotatable bonds is 5. The molecule has 0 saturated carbocycles. The van der Waals surface area contributed by atoms with Crippen LogP contribution >= 0.6 is 0 Å². The molecule has 0 aliphatic carbocycles. The average molecular weight is 271 g/mol. The molecule has 0 atom stereocenters. The molecule has 0 spiro atoms. The van der Waals surface area contributed by atoms with Crippen molar-refractivity contribution in [3.05, 3.63) is 35.4 Å². The van der Waals surface area contributed by atoms with Crippen molar-refractivity contribution in [2.45, 2.75) is 13.3 Å². The molecule has 0 aliphatic heterocycles. The topological polar surface area (TPSA) is 78.9 Å². The normalized spacial score (nSPS) is 11.4. The number of nitrogens with zero attached hydrogens (tertiary/aromatic N) is 2. The van der Waals surface area contributed by atoms with E-state index in [0.29, 0.717) is 6.54 Å². The Kier molecular flexibility index (Phi) is 5.23. The second-order valence-electron chi connectivity index (χ2n) is 3.83. The number of halogens is 2. The van der Waals surface area contributed by atoms with E-state index in [0.717, 1.165) is 6.07 Å². The van der Waals surface area contributed by atoms with Gasteiger partial charge in [0.25, 0.3) is 5.91 Å². The lowest BCUT2D eigenvalue weighted by atomic mass is 10.1. The largest absolute Gasteiger partial charge is 0.409 e. The maximum Gasteiger partial charge on any atom is 0.256 e. The van der Waals surface area contributed by atoms with Crippen LogP contribution in [0.3, 0.4) is 0 Å². The fourth-order valence-electron chi connectivity index (χ4n) is 1.54. The van der Waals surface area contributed by atoms with E-state index in [-0.39, 0.29) is 24.4 Å². The van der Waals surface area contributed by atoms with E-state index < -0.39 is 17.5 Å². The average Bonchev–Trinajstić information content (AvgIpc) is 2.41. The van der Waals surface area contributed by atoms with E-state index >= 15 is 0 Å². The Hall–Kier alpha value is -2.18. The second-order valence-corrected chi connectivity index (χ2v) is 3.83. The Morgan fingerprint density at radius 2 is 2.16 bits per heavy atom. The number of benzene rings is 1. The second kappa shape index (κ2) is 6.67. The van der Waals surface area contributed by atoms with Gasteiger partial charge in [-0.2, -0.15) is 0 Å². The molecule has 0 unspecified atom stereocenters. The van der Waals surface area contributed by atoms with Gasteiger partial charge in [0, 0.05) is 19.5 Å². The van der Waals surface area contributed by atoms with Crippen LogP contribution in [0.2, 0.25) is 0 Å². The van der Waals surface area contributed by atoms with E-state index in [1.54, 1.807) is 6.92 Å². The van der Waals surface area contributed by atoms with Crippen LogP contribution in [0.4, 0.5) is 8.78 Å². The van der Waals surface area contributed by atoms with Gasteiger partial charge in [-0.15, -0.1) is 0 Å². The van der Waals surface area contributed by atoms with Gasteiger partial charge in [-0.3, -0.25) is 4.79 Å². The molecule has 0 saturated heterocycles. The summed E-state index contributed by atoms with van der Waals surface area (Å²) in [5.74, 6) is -2.91. The molecule has 0 fully saturated rings. The molecule has 0 heterocycles. The fraction of sp³-hybridized carbons (Fsp3) is 0.333. The molecule has 3 N–H and O–H groups in total. The van der Waals surface area contributed by atoms with Crippen LogP contribution < -0.4 is 5.73 Å². The van der Waals surface area contributed by atoms with Crippen LogP contribution in [0.5, 0.6) is 0 Å². The van der Waals surface area contributed by atoms with E-state index in [9.17, 15) is 13.6 Å². The first kappa shape index (κ1) is 14.9. The monoisotopic (exact) mass is 271 g/mol. The number of hydrogen-bond donors (Lipinski definition) is 2. The van der Waals surface area contributed by atoms with Gasteiger partial charge in [0.05, 0.1) is 5.56 Å². The Labute approximate surface area is 109 Å². The first-order chi connectivity index (χ1) is 9.01. The Bertz CT molecular complexity index is 492. The minimum atomic E-state index is -1.17. The first-order valence-corrected chi connectivity index (χ1v) is 5.71. The van der Waals surface area contributed by atoms with Crippen LogP contribution in [-0.2, 0) is 0 Å². The quantitative estimate of drug-likeness (QED) is 0.369. The van der Waals surface area contributed by atoms with Crippen molar-refractivity contribution < 1.29 is 18.8 Å². The summed E-state index contributed by atoms with van der Waals surface area (Å²) in [5, 5.41) is 11.2. The van der Waals surface area contributed by atoms with Crippen molar-refractivity contribution in [1.82, 2.24) is 4.90 Å². The molecule has 104 valence electrons. The van der Waals surface area contributed by atoms with Gasteiger partial charge in [-0.1, -0.05) is 11.2 Å². The predicted octanol–water partition coefficient (Wildman–Crippen LogP) is 1.56. The zero-order valence-electron chi connectivity index (χ0n) is 10.4. The Morgan fingerprint density at radius 3 is 2.74 bits per heavy atom. The molecule has 0 aliphatic rings. The standard InChI is InChI=1S/C12H15F2N3O2/c1-2-17(7-6-10(15)16-19)12(18)8-4-3-5-9(13)11(8)14/h3-5,19H,2,6-7H2,1H3,(H2,15,16). The van der Waals surface area contributed by atoms with Gasteiger partial charge in [-0.05, 0) is 19.1 Å². The smallest absolute Gasteiger partial charge is 0.256 e. The third-order valence-electron chi connectivity index (χ3n) is 2.62.